The third kappa shape index (κ3) is 4.95. The average molecular weight is 386 g/mol. The minimum absolute atomic E-state index is 0.0120. The van der Waals surface area contributed by atoms with Gasteiger partial charge >= 0.3 is 0 Å². The first-order chi connectivity index (χ1) is 12.9. The summed E-state index contributed by atoms with van der Waals surface area (Å²) in [5, 5.41) is 4.01. The Morgan fingerprint density at radius 3 is 2.48 bits per heavy atom. The van der Waals surface area contributed by atoms with Gasteiger partial charge in [-0.15, -0.1) is 11.3 Å². The van der Waals surface area contributed by atoms with Gasteiger partial charge in [0.25, 0.3) is 5.91 Å². The first-order valence-corrected chi connectivity index (χ1v) is 10.3. The van der Waals surface area contributed by atoms with Crippen LogP contribution in [0.4, 0.5) is 0 Å². The monoisotopic (exact) mass is 385 g/mol. The summed E-state index contributed by atoms with van der Waals surface area (Å²) in [6, 6.07) is 10.0. The van der Waals surface area contributed by atoms with Gasteiger partial charge in [-0.3, -0.25) is 9.59 Å². The molecule has 2 aromatic rings. The molecule has 3 rings (SSSR count). The number of carbonyl (C=O) groups is 2. The second-order valence-corrected chi connectivity index (χ2v) is 8.49. The molecule has 0 bridgehead atoms. The van der Waals surface area contributed by atoms with Crippen LogP contribution in [0.15, 0.2) is 30.3 Å². The number of nitrogens with one attached hydrogen (secondary N) is 1. The molecule has 1 N–H and O–H groups in total. The number of thiazole rings is 1. The molecule has 1 aromatic carbocycles. The van der Waals surface area contributed by atoms with Gasteiger partial charge in [0.1, 0.15) is 4.88 Å². The van der Waals surface area contributed by atoms with Gasteiger partial charge < -0.3 is 10.2 Å². The Morgan fingerprint density at radius 2 is 1.89 bits per heavy atom. The molecule has 0 saturated carbocycles. The molecular weight excluding hydrogens is 358 g/mol. The van der Waals surface area contributed by atoms with Gasteiger partial charge in [-0.05, 0) is 45.1 Å². The summed E-state index contributed by atoms with van der Waals surface area (Å²) in [5.41, 5.74) is 1.93. The summed E-state index contributed by atoms with van der Waals surface area (Å²) in [7, 11) is 0. The number of carbonyl (C=O) groups excluding carboxylic acids is 2. The van der Waals surface area contributed by atoms with Crippen LogP contribution in [0, 0.1) is 19.8 Å². The number of hydrogen-bond donors (Lipinski definition) is 1. The lowest BCUT2D eigenvalue weighted by Gasteiger charge is -2.31. The molecule has 144 valence electrons. The molecule has 2 amide bonds. The molecule has 2 heterocycles. The number of amides is 2. The normalized spacial score (nSPS) is 16.2. The van der Waals surface area contributed by atoms with Crippen molar-refractivity contribution in [2.45, 2.75) is 46.1 Å². The average Bonchev–Trinajstić information content (AvgIpc) is 3.00. The molecule has 27 heavy (non-hydrogen) atoms. The summed E-state index contributed by atoms with van der Waals surface area (Å²) < 4.78 is 0. The molecule has 0 radical (unpaired) electrons. The predicted octanol–water partition coefficient (Wildman–Crippen LogP) is 3.88. The molecule has 1 aromatic heterocycles. The first kappa shape index (κ1) is 19.5. The molecule has 0 aliphatic carbocycles. The van der Waals surface area contributed by atoms with E-state index in [2.05, 4.69) is 10.3 Å². The van der Waals surface area contributed by atoms with Crippen molar-refractivity contribution >= 4 is 23.2 Å². The molecule has 1 aliphatic heterocycles. The molecular formula is C21H27N3O2S. The molecule has 1 fully saturated rings. The van der Waals surface area contributed by atoms with Gasteiger partial charge in [0, 0.05) is 19.5 Å². The van der Waals surface area contributed by atoms with E-state index in [-0.39, 0.29) is 17.9 Å². The number of piperidine rings is 1. The Morgan fingerprint density at radius 1 is 1.22 bits per heavy atom. The number of nitrogens with zero attached hydrogens (tertiary/aromatic N) is 2. The van der Waals surface area contributed by atoms with Gasteiger partial charge in [0.05, 0.1) is 16.7 Å². The Kier molecular flexibility index (Phi) is 6.26. The van der Waals surface area contributed by atoms with E-state index in [1.54, 1.807) is 0 Å². The SMILES string of the molecule is Cc1nc(C)c(C(=O)N2CCC(CC(=O)N[C@H](C)c3ccccc3)CC2)s1. The highest BCUT2D eigenvalue weighted by atomic mass is 32.1. The van der Waals surface area contributed by atoms with Crippen molar-refractivity contribution in [2.75, 3.05) is 13.1 Å². The number of rotatable bonds is 5. The quantitative estimate of drug-likeness (QED) is 0.850. The van der Waals surface area contributed by atoms with Crippen LogP contribution in [-0.2, 0) is 4.79 Å². The van der Waals surface area contributed by atoms with Gasteiger partial charge in [-0.1, -0.05) is 30.3 Å². The summed E-state index contributed by atoms with van der Waals surface area (Å²) in [6.07, 6.45) is 2.27. The number of hydrogen-bond acceptors (Lipinski definition) is 4. The van der Waals surface area contributed by atoms with Crippen LogP contribution in [0.3, 0.4) is 0 Å². The smallest absolute Gasteiger partial charge is 0.265 e. The van der Waals surface area contributed by atoms with Crippen molar-refractivity contribution in [1.82, 2.24) is 15.2 Å². The van der Waals surface area contributed by atoms with Crippen LogP contribution in [-0.4, -0.2) is 34.8 Å². The van der Waals surface area contributed by atoms with Crippen LogP contribution in [0.25, 0.3) is 0 Å². The third-order valence-corrected chi connectivity index (χ3v) is 6.21. The number of benzene rings is 1. The maximum atomic E-state index is 12.7. The third-order valence-electron chi connectivity index (χ3n) is 5.15. The van der Waals surface area contributed by atoms with E-state index in [4.69, 9.17) is 0 Å². The fourth-order valence-electron chi connectivity index (χ4n) is 3.60. The maximum absolute atomic E-state index is 12.7. The van der Waals surface area contributed by atoms with E-state index >= 15 is 0 Å². The van der Waals surface area contributed by atoms with Crippen LogP contribution in [0.1, 0.15) is 58.2 Å². The van der Waals surface area contributed by atoms with E-state index in [0.717, 1.165) is 34.0 Å². The fraction of sp³-hybridized carbons (Fsp3) is 0.476. The van der Waals surface area contributed by atoms with Crippen LogP contribution in [0.5, 0.6) is 0 Å². The summed E-state index contributed by atoms with van der Waals surface area (Å²) in [5.74, 6) is 0.505. The number of aryl methyl sites for hydroxylation is 2. The zero-order valence-electron chi connectivity index (χ0n) is 16.2. The molecule has 5 nitrogen and oxygen atoms in total. The largest absolute Gasteiger partial charge is 0.350 e. The lowest BCUT2D eigenvalue weighted by Crippen LogP contribution is -2.39. The predicted molar refractivity (Wildman–Crippen MR) is 108 cm³/mol. The van der Waals surface area contributed by atoms with Crippen molar-refractivity contribution in [1.29, 1.82) is 0 Å². The molecule has 1 saturated heterocycles. The van der Waals surface area contributed by atoms with Crippen molar-refractivity contribution in [3.05, 3.63) is 51.5 Å². The zero-order chi connectivity index (χ0) is 19.4. The molecule has 0 unspecified atom stereocenters. The van der Waals surface area contributed by atoms with Gasteiger partial charge in [-0.2, -0.15) is 0 Å². The van der Waals surface area contributed by atoms with E-state index in [0.29, 0.717) is 25.4 Å². The zero-order valence-corrected chi connectivity index (χ0v) is 17.0. The molecule has 0 spiro atoms. The van der Waals surface area contributed by atoms with Crippen molar-refractivity contribution in [2.24, 2.45) is 5.92 Å². The summed E-state index contributed by atoms with van der Waals surface area (Å²) in [6.45, 7) is 7.24. The fourth-order valence-corrected chi connectivity index (χ4v) is 4.49. The van der Waals surface area contributed by atoms with Crippen molar-refractivity contribution in [3.8, 4) is 0 Å². The Bertz CT molecular complexity index is 795. The summed E-state index contributed by atoms with van der Waals surface area (Å²) >= 11 is 1.47. The van der Waals surface area contributed by atoms with Crippen molar-refractivity contribution < 1.29 is 9.59 Å². The van der Waals surface area contributed by atoms with Crippen LogP contribution >= 0.6 is 11.3 Å². The Hall–Kier alpha value is -2.21. The second-order valence-electron chi connectivity index (χ2n) is 7.29. The highest BCUT2D eigenvalue weighted by Gasteiger charge is 2.27. The molecule has 1 aliphatic rings. The Labute approximate surface area is 164 Å². The minimum Gasteiger partial charge on any atom is -0.350 e. The number of aromatic nitrogens is 1. The minimum atomic E-state index is 0.0120. The van der Waals surface area contributed by atoms with E-state index in [1.807, 2.05) is 56.0 Å². The van der Waals surface area contributed by atoms with E-state index < -0.39 is 0 Å². The van der Waals surface area contributed by atoms with Gasteiger partial charge in [-0.25, -0.2) is 4.98 Å². The summed E-state index contributed by atoms with van der Waals surface area (Å²) in [4.78, 5) is 32.1. The highest BCUT2D eigenvalue weighted by Crippen LogP contribution is 2.25. The van der Waals surface area contributed by atoms with E-state index in [1.165, 1.54) is 11.3 Å². The van der Waals surface area contributed by atoms with E-state index in [9.17, 15) is 9.59 Å². The highest BCUT2D eigenvalue weighted by molar-refractivity contribution is 7.13. The topological polar surface area (TPSA) is 62.3 Å². The van der Waals surface area contributed by atoms with Crippen LogP contribution in [0.2, 0.25) is 0 Å². The number of likely N-dealkylation sites (tertiary alicyclic amines) is 1. The first-order valence-electron chi connectivity index (χ1n) is 9.51. The standard InChI is InChI=1S/C21H27N3O2S/c1-14(18-7-5-4-6-8-18)23-19(25)13-17-9-11-24(12-10-17)21(26)20-15(2)22-16(3)27-20/h4-8,14,17H,9-13H2,1-3H3,(H,23,25)/t14-/m1/s1. The van der Waals surface area contributed by atoms with Crippen LogP contribution < -0.4 is 5.32 Å². The van der Waals surface area contributed by atoms with Crippen molar-refractivity contribution in [3.63, 3.8) is 0 Å². The lowest BCUT2D eigenvalue weighted by atomic mass is 9.93. The second kappa shape index (κ2) is 8.65. The van der Waals surface area contributed by atoms with Gasteiger partial charge in [0.2, 0.25) is 5.91 Å². The van der Waals surface area contributed by atoms with Gasteiger partial charge in [0.15, 0.2) is 0 Å². The molecule has 6 heteroatoms. The maximum Gasteiger partial charge on any atom is 0.265 e. The molecule has 1 atom stereocenters. The Balaban J connectivity index is 1.47. The lowest BCUT2D eigenvalue weighted by molar-refractivity contribution is -0.122.